The summed E-state index contributed by atoms with van der Waals surface area (Å²) in [6, 6.07) is 16.3. The number of rotatable bonds is 4. The Labute approximate surface area is 187 Å². The van der Waals surface area contributed by atoms with Gasteiger partial charge in [-0.1, -0.05) is 35.9 Å². The molecule has 3 amide bonds. The Morgan fingerprint density at radius 1 is 1.09 bits per heavy atom. The number of aromatic nitrogens is 1. The molecule has 7 nitrogen and oxygen atoms in total. The van der Waals surface area contributed by atoms with Crippen molar-refractivity contribution in [2.24, 2.45) is 13.0 Å². The first kappa shape index (κ1) is 21.6. The third-order valence-corrected chi connectivity index (χ3v) is 6.05. The van der Waals surface area contributed by atoms with Gasteiger partial charge in [0.1, 0.15) is 0 Å². The van der Waals surface area contributed by atoms with Crippen LogP contribution in [-0.2, 0) is 7.05 Å². The molecule has 1 fully saturated rings. The maximum absolute atomic E-state index is 13.3. The van der Waals surface area contributed by atoms with Gasteiger partial charge in [0.25, 0.3) is 11.5 Å². The number of urea groups is 1. The van der Waals surface area contributed by atoms with Gasteiger partial charge in [0.2, 0.25) is 0 Å². The van der Waals surface area contributed by atoms with Crippen molar-refractivity contribution >= 4 is 28.5 Å². The SMILES string of the molecule is Cc1ccc(NC(=O)NCC2CCCN(C(=O)c3cc(=O)n(C)c4ccccc34)C2)cc1. The maximum Gasteiger partial charge on any atom is 0.319 e. The van der Waals surface area contributed by atoms with Gasteiger partial charge in [-0.2, -0.15) is 0 Å². The topological polar surface area (TPSA) is 83.4 Å². The lowest BCUT2D eigenvalue weighted by Crippen LogP contribution is -2.44. The minimum absolute atomic E-state index is 0.132. The molecule has 32 heavy (non-hydrogen) atoms. The summed E-state index contributed by atoms with van der Waals surface area (Å²) in [7, 11) is 1.71. The van der Waals surface area contributed by atoms with E-state index in [0.717, 1.165) is 35.0 Å². The average molecular weight is 433 g/mol. The lowest BCUT2D eigenvalue weighted by Gasteiger charge is -2.33. The summed E-state index contributed by atoms with van der Waals surface area (Å²) < 4.78 is 1.56. The quantitative estimate of drug-likeness (QED) is 0.662. The van der Waals surface area contributed by atoms with E-state index in [0.29, 0.717) is 25.2 Å². The van der Waals surface area contributed by atoms with Crippen molar-refractivity contribution < 1.29 is 9.59 Å². The number of carbonyl (C=O) groups is 2. The van der Waals surface area contributed by atoms with E-state index >= 15 is 0 Å². The second-order valence-electron chi connectivity index (χ2n) is 8.43. The van der Waals surface area contributed by atoms with Crippen LogP contribution in [0.3, 0.4) is 0 Å². The first-order valence-corrected chi connectivity index (χ1v) is 10.9. The summed E-state index contributed by atoms with van der Waals surface area (Å²) in [5.74, 6) is 0.0296. The minimum atomic E-state index is -0.255. The zero-order valence-electron chi connectivity index (χ0n) is 18.4. The van der Waals surface area contributed by atoms with Gasteiger partial charge in [-0.05, 0) is 43.9 Å². The molecular formula is C25H28N4O3. The highest BCUT2D eigenvalue weighted by Gasteiger charge is 2.26. The van der Waals surface area contributed by atoms with E-state index in [9.17, 15) is 14.4 Å². The number of piperidine rings is 1. The third-order valence-electron chi connectivity index (χ3n) is 6.05. The van der Waals surface area contributed by atoms with Gasteiger partial charge in [-0.15, -0.1) is 0 Å². The number of hydrogen-bond donors (Lipinski definition) is 2. The molecule has 1 aromatic heterocycles. The first-order valence-electron chi connectivity index (χ1n) is 10.9. The lowest BCUT2D eigenvalue weighted by molar-refractivity contribution is 0.0677. The standard InChI is InChI=1S/C25H28N4O3/c1-17-9-11-19(12-10-17)27-25(32)26-15-18-6-5-13-29(16-18)24(31)21-14-23(30)28(2)22-8-4-3-7-20(21)22/h3-4,7-12,14,18H,5-6,13,15-16H2,1-2H3,(H2,26,27,32). The van der Waals surface area contributed by atoms with Gasteiger partial charge in [0.05, 0.1) is 11.1 Å². The maximum atomic E-state index is 13.3. The van der Waals surface area contributed by atoms with Gasteiger partial charge in [0, 0.05) is 43.8 Å². The van der Waals surface area contributed by atoms with Crippen molar-refractivity contribution in [3.8, 4) is 0 Å². The van der Waals surface area contributed by atoms with E-state index in [1.807, 2.05) is 55.5 Å². The summed E-state index contributed by atoms with van der Waals surface area (Å²) in [6.07, 6.45) is 1.80. The molecule has 3 aromatic rings. The van der Waals surface area contributed by atoms with Gasteiger partial charge >= 0.3 is 6.03 Å². The number of aryl methyl sites for hydroxylation is 2. The number of nitrogens with one attached hydrogen (secondary N) is 2. The molecule has 2 aromatic carbocycles. The van der Waals surface area contributed by atoms with Crippen molar-refractivity contribution in [1.82, 2.24) is 14.8 Å². The molecule has 7 heteroatoms. The monoisotopic (exact) mass is 432 g/mol. The zero-order chi connectivity index (χ0) is 22.7. The fourth-order valence-corrected chi connectivity index (χ4v) is 4.22. The van der Waals surface area contributed by atoms with Crippen molar-refractivity contribution in [3.05, 3.63) is 76.1 Å². The molecule has 2 N–H and O–H groups in total. The molecule has 0 saturated carbocycles. The predicted molar refractivity (Wildman–Crippen MR) is 126 cm³/mol. The number of carbonyl (C=O) groups excluding carboxylic acids is 2. The Morgan fingerprint density at radius 3 is 2.62 bits per heavy atom. The number of amides is 3. The van der Waals surface area contributed by atoms with Crippen LogP contribution in [0, 0.1) is 12.8 Å². The van der Waals surface area contributed by atoms with E-state index in [4.69, 9.17) is 0 Å². The fraction of sp³-hybridized carbons (Fsp3) is 0.320. The smallest absolute Gasteiger partial charge is 0.319 e. The van der Waals surface area contributed by atoms with Gasteiger partial charge in [-0.3, -0.25) is 9.59 Å². The molecule has 0 radical (unpaired) electrons. The van der Waals surface area contributed by atoms with Crippen LogP contribution in [0.5, 0.6) is 0 Å². The second kappa shape index (κ2) is 9.26. The largest absolute Gasteiger partial charge is 0.338 e. The molecule has 1 aliphatic rings. The van der Waals surface area contributed by atoms with Crippen LogP contribution in [0.1, 0.15) is 28.8 Å². The summed E-state index contributed by atoms with van der Waals surface area (Å²) >= 11 is 0. The number of likely N-dealkylation sites (tertiary alicyclic amines) is 1. The number of benzene rings is 2. The second-order valence-corrected chi connectivity index (χ2v) is 8.43. The van der Waals surface area contributed by atoms with Crippen LogP contribution in [-0.4, -0.2) is 41.0 Å². The zero-order valence-corrected chi connectivity index (χ0v) is 18.4. The molecule has 0 aliphatic carbocycles. The van der Waals surface area contributed by atoms with Gasteiger partial charge < -0.3 is 20.1 Å². The van der Waals surface area contributed by atoms with E-state index in [2.05, 4.69) is 10.6 Å². The molecule has 1 aliphatic heterocycles. The molecule has 0 spiro atoms. The van der Waals surface area contributed by atoms with Crippen LogP contribution in [0.15, 0.2) is 59.4 Å². The van der Waals surface area contributed by atoms with E-state index in [1.165, 1.54) is 6.07 Å². The van der Waals surface area contributed by atoms with Crippen molar-refractivity contribution in [1.29, 1.82) is 0 Å². The number of hydrogen-bond acceptors (Lipinski definition) is 3. The Bertz CT molecular complexity index is 1200. The molecular weight excluding hydrogens is 404 g/mol. The first-order chi connectivity index (χ1) is 15.4. The van der Waals surface area contributed by atoms with Crippen LogP contribution < -0.4 is 16.2 Å². The van der Waals surface area contributed by atoms with Crippen molar-refractivity contribution in [3.63, 3.8) is 0 Å². The summed E-state index contributed by atoms with van der Waals surface area (Å²) in [5.41, 5.74) is 2.86. The van der Waals surface area contributed by atoms with E-state index in [1.54, 1.807) is 16.5 Å². The fourth-order valence-electron chi connectivity index (χ4n) is 4.22. The summed E-state index contributed by atoms with van der Waals surface area (Å²) in [5, 5.41) is 6.53. The number of anilines is 1. The Balaban J connectivity index is 1.41. The summed E-state index contributed by atoms with van der Waals surface area (Å²) in [4.78, 5) is 39.8. The van der Waals surface area contributed by atoms with Gasteiger partial charge in [-0.25, -0.2) is 4.79 Å². The Kier molecular flexibility index (Phi) is 6.25. The number of pyridine rings is 1. The molecule has 166 valence electrons. The van der Waals surface area contributed by atoms with Crippen molar-refractivity contribution in [2.75, 3.05) is 25.0 Å². The summed E-state index contributed by atoms with van der Waals surface area (Å²) in [6.45, 7) is 3.68. The molecule has 1 atom stereocenters. The predicted octanol–water partition coefficient (Wildman–Crippen LogP) is 3.52. The highest BCUT2D eigenvalue weighted by atomic mass is 16.2. The lowest BCUT2D eigenvalue weighted by atomic mass is 9.97. The van der Waals surface area contributed by atoms with Crippen LogP contribution >= 0.6 is 0 Å². The van der Waals surface area contributed by atoms with E-state index < -0.39 is 0 Å². The van der Waals surface area contributed by atoms with Crippen molar-refractivity contribution in [2.45, 2.75) is 19.8 Å². The third kappa shape index (κ3) is 4.66. The molecule has 4 rings (SSSR count). The number of nitrogens with zero attached hydrogens (tertiary/aromatic N) is 2. The molecule has 1 saturated heterocycles. The average Bonchev–Trinajstić information content (AvgIpc) is 2.81. The van der Waals surface area contributed by atoms with Crippen LogP contribution in [0.25, 0.3) is 10.9 Å². The molecule has 2 heterocycles. The molecule has 0 bridgehead atoms. The molecule has 1 unspecified atom stereocenters. The Hall–Kier alpha value is -3.61. The normalized spacial score (nSPS) is 16.1. The highest BCUT2D eigenvalue weighted by molar-refractivity contribution is 6.06. The minimum Gasteiger partial charge on any atom is -0.338 e. The van der Waals surface area contributed by atoms with Gasteiger partial charge in [0.15, 0.2) is 0 Å². The van der Waals surface area contributed by atoms with Crippen LogP contribution in [0.4, 0.5) is 10.5 Å². The highest BCUT2D eigenvalue weighted by Crippen LogP contribution is 2.22. The number of para-hydroxylation sites is 1. The Morgan fingerprint density at radius 2 is 1.84 bits per heavy atom. The number of fused-ring (bicyclic) bond motifs is 1. The van der Waals surface area contributed by atoms with Crippen LogP contribution in [0.2, 0.25) is 0 Å². The van der Waals surface area contributed by atoms with E-state index in [-0.39, 0.29) is 23.4 Å².